The molecule has 1 aliphatic heterocycles. The van der Waals surface area contributed by atoms with E-state index in [1.165, 1.54) is 55.5 Å². The Hall–Kier alpha value is -7.76. The van der Waals surface area contributed by atoms with E-state index >= 15 is 0 Å². The number of phosphoric acid groups is 1. The van der Waals surface area contributed by atoms with Crippen LogP contribution in [-0.4, -0.2) is 151 Å². The Morgan fingerprint density at radius 3 is 1.88 bits per heavy atom. The molecule has 27 nitrogen and oxygen atoms in total. The number of likely N-dealkylation sites (tertiary alicyclic amines) is 1. The summed E-state index contributed by atoms with van der Waals surface area (Å²) in [5.74, 6) is -8.54. The van der Waals surface area contributed by atoms with Gasteiger partial charge in [-0.1, -0.05) is 42.5 Å². The maximum Gasteiger partial charge on any atom is 0.490 e. The fourth-order valence-corrected chi connectivity index (χ4v) is 7.30. The summed E-state index contributed by atoms with van der Waals surface area (Å²) in [5, 5.41) is 50.8. The Morgan fingerprint density at radius 2 is 1.37 bits per heavy atom. The number of aliphatic imine (C=N–C) groups is 1. The number of alkyl halides is 3. The number of carbonyl (C=O) groups is 7. The number of aliphatic carboxylic acids is 1. The van der Waals surface area contributed by atoms with Crippen molar-refractivity contribution in [2.45, 2.75) is 94.0 Å². The molecule has 3 aromatic rings. The Morgan fingerprint density at radius 1 is 0.840 bits per heavy atom. The first-order valence-corrected chi connectivity index (χ1v) is 24.0. The highest BCUT2D eigenvalue weighted by molar-refractivity contribution is 7.46. The molecule has 0 aromatic heterocycles. The van der Waals surface area contributed by atoms with Crippen molar-refractivity contribution in [3.05, 3.63) is 100 Å². The minimum absolute atomic E-state index is 0.0196. The van der Waals surface area contributed by atoms with Crippen molar-refractivity contribution in [2.24, 2.45) is 22.2 Å². The number of carboxylic acids is 1. The SMILES string of the molecule is C[C@@H](O)[C@H](N)C(=O)N[C@@H](Cc1ccccc1)C(=O)N[C@@H](Cc1ccc(O)cc1)C(=O)N[C@@H](COP(=O)(O)O)C(=O)N1CCC[C@H]1C(=O)N[C@@H](CCCN=C(N)N)C(=O)Nc1ccc([N+](=O)[O-])cc1.O=C(O)C(F)(F)F. The summed E-state index contributed by atoms with van der Waals surface area (Å²) in [6, 6.07) is 10.1. The van der Waals surface area contributed by atoms with Gasteiger partial charge in [-0.25, -0.2) is 9.36 Å². The topological polar surface area (TPSA) is 444 Å². The molecule has 7 atom stereocenters. The quantitative estimate of drug-likeness (QED) is 0.0130. The van der Waals surface area contributed by atoms with Crippen LogP contribution in [0.5, 0.6) is 5.75 Å². The normalized spacial score (nSPS) is 15.7. The number of phenols is 1. The van der Waals surface area contributed by atoms with E-state index in [1.54, 1.807) is 30.3 Å². The van der Waals surface area contributed by atoms with E-state index < -0.39 is 109 Å². The molecule has 1 fully saturated rings. The van der Waals surface area contributed by atoms with E-state index in [-0.39, 0.29) is 74.7 Å². The Kier molecular flexibility index (Phi) is 23.5. The minimum atomic E-state index is -5.30. The number of rotatable bonds is 24. The van der Waals surface area contributed by atoms with Crippen LogP contribution < -0.4 is 43.8 Å². The molecule has 75 heavy (non-hydrogen) atoms. The number of hydrogen-bond acceptors (Lipinski definition) is 15. The van der Waals surface area contributed by atoms with Gasteiger partial charge in [0.15, 0.2) is 5.96 Å². The third kappa shape index (κ3) is 21.3. The van der Waals surface area contributed by atoms with Crippen molar-refractivity contribution >= 4 is 66.6 Å². The van der Waals surface area contributed by atoms with E-state index in [0.29, 0.717) is 11.1 Å². The molecule has 16 N–H and O–H groups in total. The summed E-state index contributed by atoms with van der Waals surface area (Å²) in [4.78, 5) is 127. The molecular formula is C44H57F3N11O16P. The number of amides is 6. The van der Waals surface area contributed by atoms with E-state index in [1.807, 2.05) is 0 Å². The first kappa shape index (κ1) is 61.5. The first-order valence-electron chi connectivity index (χ1n) is 22.4. The lowest BCUT2D eigenvalue weighted by Crippen LogP contribution is -2.61. The molecule has 0 unspecified atom stereocenters. The van der Waals surface area contributed by atoms with Crippen molar-refractivity contribution in [3.8, 4) is 5.75 Å². The van der Waals surface area contributed by atoms with Gasteiger partial charge in [0.1, 0.15) is 42.0 Å². The van der Waals surface area contributed by atoms with Crippen LogP contribution >= 0.6 is 7.82 Å². The van der Waals surface area contributed by atoms with Crippen molar-refractivity contribution in [1.29, 1.82) is 0 Å². The fraction of sp³-hybridized carbons (Fsp3) is 0.409. The van der Waals surface area contributed by atoms with Crippen molar-refractivity contribution in [1.82, 2.24) is 26.2 Å². The van der Waals surface area contributed by atoms with Gasteiger partial charge in [0.05, 0.1) is 17.6 Å². The van der Waals surface area contributed by atoms with E-state index in [0.717, 1.165) is 4.90 Å². The summed E-state index contributed by atoms with van der Waals surface area (Å²) in [6.45, 7) is 0.142. The maximum absolute atomic E-state index is 14.4. The maximum atomic E-state index is 14.4. The summed E-state index contributed by atoms with van der Waals surface area (Å²) in [5.41, 5.74) is 17.6. The molecule has 1 saturated heterocycles. The van der Waals surface area contributed by atoms with Crippen LogP contribution in [0, 0.1) is 10.1 Å². The lowest BCUT2D eigenvalue weighted by atomic mass is 10.0. The van der Waals surface area contributed by atoms with Gasteiger partial charge in [0.2, 0.25) is 35.4 Å². The van der Waals surface area contributed by atoms with Crippen molar-refractivity contribution in [3.63, 3.8) is 0 Å². The second-order valence-electron chi connectivity index (χ2n) is 16.6. The van der Waals surface area contributed by atoms with Crippen LogP contribution in [0.2, 0.25) is 0 Å². The number of nitrogens with zero attached hydrogens (tertiary/aromatic N) is 3. The first-order chi connectivity index (χ1) is 35.1. The standard InChI is InChI=1S/C42H56N11O14P.C2HF3O2/c1-24(54)35(43)40(60)50-32(21-25-7-3-2-4-8-25)37(57)49-31(22-26-11-17-29(55)18-12-26)38(58)51-33(23-67-68(64,65)66)41(61)52-20-6-10-34(52)39(59)48-30(9-5-19-46-42(44)45)36(56)47-27-13-15-28(16-14-27)53(62)63;3-2(4,5)1(6)7/h2-4,7-8,11-18,24,30-35,54-55H,5-6,9-10,19-23,43H2,1H3,(H,47,56)(H,48,59)(H,49,57)(H,50,60)(H,51,58)(H4,44,45,46)(H2,64,65,66);(H,6,7)/t24-,30+,31+,32+,33+,34+,35+;/m1./s1. The number of benzene rings is 3. The van der Waals surface area contributed by atoms with Gasteiger partial charge in [-0.15, -0.1) is 0 Å². The minimum Gasteiger partial charge on any atom is -0.508 e. The predicted octanol–water partition coefficient (Wildman–Crippen LogP) is -0.841. The number of aromatic hydroxyl groups is 1. The number of nitrogens with one attached hydrogen (secondary N) is 5. The van der Waals surface area contributed by atoms with Crippen LogP contribution in [0.3, 0.4) is 0 Å². The number of phosphoric ester groups is 1. The van der Waals surface area contributed by atoms with Gasteiger partial charge in [-0.2, -0.15) is 13.2 Å². The number of aliphatic hydroxyl groups is 1. The summed E-state index contributed by atoms with van der Waals surface area (Å²) < 4.78 is 48.4. The largest absolute Gasteiger partial charge is 0.508 e. The lowest BCUT2D eigenvalue weighted by Gasteiger charge is -2.31. The highest BCUT2D eigenvalue weighted by atomic mass is 31.2. The molecule has 0 aliphatic carbocycles. The second-order valence-corrected chi connectivity index (χ2v) is 17.8. The number of nitrogens with two attached hydrogens (primary N) is 3. The van der Waals surface area contributed by atoms with Gasteiger partial charge in [-0.3, -0.25) is 48.4 Å². The molecule has 1 aliphatic rings. The highest BCUT2D eigenvalue weighted by Crippen LogP contribution is 2.36. The van der Waals surface area contributed by atoms with Crippen molar-refractivity contribution < 1.29 is 85.9 Å². The van der Waals surface area contributed by atoms with Gasteiger partial charge in [0.25, 0.3) is 5.69 Å². The molecular weight excluding hydrogens is 1030 g/mol. The average molecular weight is 1080 g/mol. The van der Waals surface area contributed by atoms with E-state index in [9.17, 15) is 76.6 Å². The number of phenolic OH excluding ortho intramolecular Hbond substituents is 1. The zero-order valence-corrected chi connectivity index (χ0v) is 40.7. The molecule has 4 rings (SSSR count). The Bertz CT molecular complexity index is 2540. The molecule has 0 bridgehead atoms. The number of hydrogen-bond donors (Lipinski definition) is 13. The number of halogens is 3. The number of carbonyl (C=O) groups excluding carboxylic acids is 6. The predicted molar refractivity (Wildman–Crippen MR) is 257 cm³/mol. The smallest absolute Gasteiger partial charge is 0.490 e. The molecule has 3 aromatic carbocycles. The van der Waals surface area contributed by atoms with Gasteiger partial charge < -0.3 is 73.8 Å². The second kappa shape index (κ2) is 28.6. The number of carboxylic acid groups (broad SMARTS) is 1. The van der Waals surface area contributed by atoms with Crippen LogP contribution in [0.4, 0.5) is 24.5 Å². The summed E-state index contributed by atoms with van der Waals surface area (Å²) in [6.07, 6.45) is -6.33. The molecule has 31 heteroatoms. The molecule has 0 spiro atoms. The number of anilines is 1. The van der Waals surface area contributed by atoms with Crippen LogP contribution in [0.25, 0.3) is 0 Å². The fourth-order valence-electron chi connectivity index (χ4n) is 6.95. The molecule has 410 valence electrons. The zero-order valence-electron chi connectivity index (χ0n) is 39.8. The van der Waals surface area contributed by atoms with Gasteiger partial charge >= 0.3 is 20.0 Å². The number of nitro benzene ring substituents is 1. The van der Waals surface area contributed by atoms with Crippen LogP contribution in [0.15, 0.2) is 83.9 Å². The van der Waals surface area contributed by atoms with Crippen LogP contribution in [-0.2, 0) is 55.5 Å². The lowest BCUT2D eigenvalue weighted by molar-refractivity contribution is -0.384. The summed E-state index contributed by atoms with van der Waals surface area (Å²) >= 11 is 0. The van der Waals surface area contributed by atoms with Gasteiger partial charge in [-0.05, 0) is 68.0 Å². The van der Waals surface area contributed by atoms with Crippen LogP contribution in [0.1, 0.15) is 43.7 Å². The van der Waals surface area contributed by atoms with E-state index in [2.05, 4.69) is 36.1 Å². The zero-order chi connectivity index (χ0) is 56.2. The number of guanidine groups is 1. The molecule has 1 heterocycles. The molecule has 0 radical (unpaired) electrons. The monoisotopic (exact) mass is 1080 g/mol. The Labute approximate surface area is 424 Å². The third-order valence-corrected chi connectivity index (χ3v) is 11.3. The number of nitro groups is 1. The molecule has 0 saturated carbocycles. The Balaban J connectivity index is 0.00000197. The van der Waals surface area contributed by atoms with E-state index in [4.69, 9.17) is 27.1 Å². The third-order valence-electron chi connectivity index (χ3n) is 10.8. The number of aliphatic hydroxyl groups excluding tert-OH is 1. The highest BCUT2D eigenvalue weighted by Gasteiger charge is 2.41. The average Bonchev–Trinajstić information content (AvgIpc) is 3.84. The number of non-ortho nitro benzene ring substituents is 1. The van der Waals surface area contributed by atoms with Crippen molar-refractivity contribution in [2.75, 3.05) is 25.0 Å². The van der Waals surface area contributed by atoms with Gasteiger partial charge in [0, 0.05) is 43.8 Å². The summed E-state index contributed by atoms with van der Waals surface area (Å²) in [7, 11) is -5.30. The molecule has 6 amide bonds.